The Morgan fingerprint density at radius 3 is 2.62 bits per heavy atom. The average Bonchev–Trinajstić information content (AvgIpc) is 3.58. The van der Waals surface area contributed by atoms with Crippen LogP contribution in [0.5, 0.6) is 0 Å². The van der Waals surface area contributed by atoms with Crippen molar-refractivity contribution in [2.24, 2.45) is 5.73 Å². The summed E-state index contributed by atoms with van der Waals surface area (Å²) in [7, 11) is 0. The van der Waals surface area contributed by atoms with Crippen LogP contribution in [0.2, 0.25) is 0 Å². The number of furan rings is 2. The quantitative estimate of drug-likeness (QED) is 0.467. The van der Waals surface area contributed by atoms with Gasteiger partial charge in [0.05, 0.1) is 45.9 Å². The molecule has 5 rings (SSSR count). The van der Waals surface area contributed by atoms with Gasteiger partial charge in [-0.2, -0.15) is 5.26 Å². The van der Waals surface area contributed by atoms with Crippen molar-refractivity contribution in [2.75, 3.05) is 5.32 Å². The van der Waals surface area contributed by atoms with Crippen molar-refractivity contribution in [3.05, 3.63) is 104 Å². The number of nitrogens with zero attached hydrogens (tertiary/aromatic N) is 2. The molecule has 3 aromatic heterocycles. The van der Waals surface area contributed by atoms with Crippen LogP contribution in [-0.4, -0.2) is 10.5 Å². The Kier molecular flexibility index (Phi) is 5.24. The number of rotatable bonds is 4. The zero-order chi connectivity index (χ0) is 23.8. The molecule has 1 amide bonds. The number of amides is 1. The van der Waals surface area contributed by atoms with Crippen LogP contribution < -0.4 is 25.8 Å². The number of allylic oxidation sites excluding steroid dienone is 1. The van der Waals surface area contributed by atoms with Gasteiger partial charge >= 0.3 is 0 Å². The number of halogens is 1. The second-order valence-corrected chi connectivity index (χ2v) is 8.31. The van der Waals surface area contributed by atoms with Gasteiger partial charge in [0.25, 0.3) is 11.5 Å². The predicted octanol–water partition coefficient (Wildman–Crippen LogP) is 2.30. The fourth-order valence-electron chi connectivity index (χ4n) is 3.76. The molecule has 10 heteroatoms. The van der Waals surface area contributed by atoms with Gasteiger partial charge in [0.2, 0.25) is 0 Å². The lowest BCUT2D eigenvalue weighted by Crippen LogP contribution is -2.40. The molecule has 0 radical (unpaired) electrons. The molecule has 168 valence electrons. The van der Waals surface area contributed by atoms with Crippen molar-refractivity contribution in [3.63, 3.8) is 0 Å². The van der Waals surface area contributed by atoms with E-state index in [9.17, 15) is 19.2 Å². The molecular weight excluding hydrogens is 459 g/mol. The van der Waals surface area contributed by atoms with E-state index in [1.165, 1.54) is 36.8 Å². The molecule has 34 heavy (non-hydrogen) atoms. The number of nitrogens with one attached hydrogen (secondary N) is 1. The number of fused-ring (bicyclic) bond motifs is 1. The van der Waals surface area contributed by atoms with E-state index in [4.69, 9.17) is 14.6 Å². The largest absolute Gasteiger partial charge is 0.468 e. The zero-order valence-electron chi connectivity index (χ0n) is 17.3. The number of nitriles is 1. The van der Waals surface area contributed by atoms with Crippen molar-refractivity contribution in [3.8, 4) is 6.07 Å². The van der Waals surface area contributed by atoms with Gasteiger partial charge in [0, 0.05) is 6.08 Å². The van der Waals surface area contributed by atoms with Gasteiger partial charge in [-0.3, -0.25) is 14.2 Å². The Morgan fingerprint density at radius 2 is 1.94 bits per heavy atom. The Morgan fingerprint density at radius 1 is 1.18 bits per heavy atom. The van der Waals surface area contributed by atoms with Crippen molar-refractivity contribution < 1.29 is 18.0 Å². The molecule has 1 unspecified atom stereocenters. The number of benzene rings is 1. The highest BCUT2D eigenvalue weighted by Crippen LogP contribution is 2.36. The topological polar surface area (TPSA) is 127 Å². The number of thiazole rings is 1. The van der Waals surface area contributed by atoms with Crippen LogP contribution in [0.15, 0.2) is 80.3 Å². The fourth-order valence-corrected chi connectivity index (χ4v) is 4.92. The third-order valence-corrected chi connectivity index (χ3v) is 6.39. The first kappa shape index (κ1) is 21.2. The van der Waals surface area contributed by atoms with Crippen LogP contribution in [0.4, 0.5) is 10.1 Å². The second kappa shape index (κ2) is 8.38. The maximum absolute atomic E-state index is 14.3. The Hall–Kier alpha value is -4.62. The van der Waals surface area contributed by atoms with Crippen LogP contribution >= 0.6 is 11.3 Å². The first-order valence-corrected chi connectivity index (χ1v) is 10.8. The monoisotopic (exact) mass is 474 g/mol. The molecule has 3 N–H and O–H groups in total. The molecule has 0 spiro atoms. The number of anilines is 1. The van der Waals surface area contributed by atoms with Crippen LogP contribution in [0.1, 0.15) is 17.4 Å². The molecule has 0 saturated carbocycles. The first-order valence-electron chi connectivity index (χ1n) is 10.00. The van der Waals surface area contributed by atoms with Crippen LogP contribution in [-0.2, 0) is 4.79 Å². The third-order valence-electron chi connectivity index (χ3n) is 5.28. The summed E-state index contributed by atoms with van der Waals surface area (Å²) in [6.07, 6.45) is 4.39. The van der Waals surface area contributed by atoms with Crippen LogP contribution in [0, 0.1) is 17.1 Å². The minimum absolute atomic E-state index is 0.0325. The van der Waals surface area contributed by atoms with Gasteiger partial charge < -0.3 is 19.9 Å². The lowest BCUT2D eigenvalue weighted by molar-refractivity contribution is -0.111. The molecular formula is C24H15FN4O4S. The highest BCUT2D eigenvalue weighted by molar-refractivity contribution is 7.07. The summed E-state index contributed by atoms with van der Waals surface area (Å²) in [5.41, 5.74) is 5.70. The molecule has 0 aliphatic carbocycles. The lowest BCUT2D eigenvalue weighted by atomic mass is 9.87. The van der Waals surface area contributed by atoms with Crippen LogP contribution in [0.25, 0.3) is 17.5 Å². The maximum atomic E-state index is 14.3. The molecule has 0 fully saturated rings. The first-order chi connectivity index (χ1) is 16.5. The molecule has 0 bridgehead atoms. The number of aromatic nitrogens is 1. The molecule has 4 heterocycles. The van der Waals surface area contributed by atoms with Crippen molar-refractivity contribution in [1.29, 1.82) is 5.26 Å². The van der Waals surface area contributed by atoms with E-state index in [2.05, 4.69) is 5.32 Å². The van der Waals surface area contributed by atoms with E-state index in [1.54, 1.807) is 30.3 Å². The summed E-state index contributed by atoms with van der Waals surface area (Å²) in [4.78, 5) is 26.8. The third kappa shape index (κ3) is 3.44. The van der Waals surface area contributed by atoms with Crippen LogP contribution in [0.3, 0.4) is 0 Å². The van der Waals surface area contributed by atoms with Gasteiger partial charge in [-0.05, 0) is 36.4 Å². The van der Waals surface area contributed by atoms with Gasteiger partial charge in [-0.25, -0.2) is 4.39 Å². The summed E-state index contributed by atoms with van der Waals surface area (Å²) >= 11 is 1.01. The van der Waals surface area contributed by atoms with E-state index in [0.29, 0.717) is 5.76 Å². The lowest BCUT2D eigenvalue weighted by Gasteiger charge is -2.23. The highest BCUT2D eigenvalue weighted by atomic mass is 32.1. The molecule has 0 saturated heterocycles. The number of nitrogens with two attached hydrogens (primary N) is 1. The van der Waals surface area contributed by atoms with Crippen molar-refractivity contribution in [1.82, 2.24) is 4.57 Å². The van der Waals surface area contributed by atoms with Gasteiger partial charge in [0.1, 0.15) is 27.8 Å². The molecule has 1 aliphatic rings. The summed E-state index contributed by atoms with van der Waals surface area (Å²) in [6, 6.07) is 14.3. The Bertz CT molecular complexity index is 1650. The molecule has 4 aromatic rings. The number of para-hydroxylation sites is 1. The molecule has 1 aromatic carbocycles. The van der Waals surface area contributed by atoms with Crippen molar-refractivity contribution >= 4 is 40.4 Å². The van der Waals surface area contributed by atoms with Gasteiger partial charge in [-0.15, -0.1) is 11.3 Å². The van der Waals surface area contributed by atoms with E-state index in [-0.39, 0.29) is 37.6 Å². The predicted molar refractivity (Wildman–Crippen MR) is 123 cm³/mol. The SMILES string of the molecule is N#CC1=C(N)n2c(s/c(=C\c3ccco3)c2=O)=C(C(=O)Nc2ccccc2F)C1c1ccco1. The second-order valence-electron chi connectivity index (χ2n) is 7.28. The highest BCUT2D eigenvalue weighted by Gasteiger charge is 2.37. The zero-order valence-corrected chi connectivity index (χ0v) is 18.1. The minimum Gasteiger partial charge on any atom is -0.468 e. The minimum atomic E-state index is -0.999. The summed E-state index contributed by atoms with van der Waals surface area (Å²) in [5, 5.41) is 12.5. The van der Waals surface area contributed by atoms with E-state index in [0.717, 1.165) is 15.9 Å². The number of hydrogen-bond acceptors (Lipinski definition) is 7. The van der Waals surface area contributed by atoms with E-state index >= 15 is 0 Å². The number of carbonyl (C=O) groups excluding carboxylic acids is 1. The fraction of sp³-hybridized carbons (Fsp3) is 0.0417. The number of carbonyl (C=O) groups is 1. The molecule has 1 aliphatic heterocycles. The van der Waals surface area contributed by atoms with E-state index in [1.807, 2.05) is 6.07 Å². The summed E-state index contributed by atoms with van der Waals surface area (Å²) in [5.74, 6) is -1.73. The Labute approximate surface area is 195 Å². The standard InChI is InChI=1S/C24H15FN4O4S/c25-15-6-1-2-7-16(15)28-22(30)20-19(17-8-4-10-33-17)14(12-26)21(27)29-23(31)18(34-24(20)29)11-13-5-3-9-32-13/h1-11,19H,27H2,(H,28,30)/b18-11-. The smallest absolute Gasteiger partial charge is 0.274 e. The van der Waals surface area contributed by atoms with Gasteiger partial charge in [0.15, 0.2) is 0 Å². The Balaban J connectivity index is 1.81. The van der Waals surface area contributed by atoms with Gasteiger partial charge in [-0.1, -0.05) is 12.1 Å². The average molecular weight is 474 g/mol. The molecule has 1 atom stereocenters. The molecule has 8 nitrogen and oxygen atoms in total. The van der Waals surface area contributed by atoms with E-state index < -0.39 is 23.2 Å². The normalized spacial score (nSPS) is 15.8. The van der Waals surface area contributed by atoms with Crippen molar-refractivity contribution in [2.45, 2.75) is 5.92 Å². The summed E-state index contributed by atoms with van der Waals surface area (Å²) in [6.45, 7) is 0. The summed E-state index contributed by atoms with van der Waals surface area (Å²) < 4.78 is 26.7. The number of hydrogen-bond donors (Lipinski definition) is 2. The maximum Gasteiger partial charge on any atom is 0.274 e.